The Morgan fingerprint density at radius 3 is 2.53 bits per heavy atom. The van der Waals surface area contributed by atoms with E-state index in [2.05, 4.69) is 90.4 Å². The van der Waals surface area contributed by atoms with Crippen molar-refractivity contribution >= 4 is 35.1 Å². The molecule has 3 atom stereocenters. The molecular weight excluding hydrogens is 496 g/mol. The predicted molar refractivity (Wildman–Crippen MR) is 154 cm³/mol. The zero-order valence-corrected chi connectivity index (χ0v) is 22.2. The van der Waals surface area contributed by atoms with E-state index in [0.717, 1.165) is 24.9 Å². The van der Waals surface area contributed by atoms with Gasteiger partial charge in [0, 0.05) is 17.5 Å². The summed E-state index contributed by atoms with van der Waals surface area (Å²) < 4.78 is 0. The van der Waals surface area contributed by atoms with Gasteiger partial charge in [-0.15, -0.1) is 12.4 Å². The molecule has 1 aliphatic rings. The van der Waals surface area contributed by atoms with Gasteiger partial charge in [0.15, 0.2) is 0 Å². The Balaban J connectivity index is 0.00000336. The normalized spacial score (nSPS) is 17.2. The van der Waals surface area contributed by atoms with Crippen LogP contribution in [0.15, 0.2) is 91.0 Å². The second-order valence-corrected chi connectivity index (χ2v) is 9.96. The van der Waals surface area contributed by atoms with Crippen LogP contribution in [0.3, 0.4) is 0 Å². The lowest BCUT2D eigenvalue weighted by molar-refractivity contribution is -0.135. The highest BCUT2D eigenvalue weighted by Crippen LogP contribution is 2.39. The summed E-state index contributed by atoms with van der Waals surface area (Å²) >= 11 is 0. The minimum absolute atomic E-state index is 0. The maximum Gasteiger partial charge on any atom is 0.322 e. The summed E-state index contributed by atoms with van der Waals surface area (Å²) in [4.78, 5) is 23.4. The summed E-state index contributed by atoms with van der Waals surface area (Å²) in [5, 5.41) is 17.7. The van der Waals surface area contributed by atoms with Crippen LogP contribution in [0.25, 0.3) is 10.8 Å². The van der Waals surface area contributed by atoms with Gasteiger partial charge in [-0.05, 0) is 77.4 Å². The van der Waals surface area contributed by atoms with Crippen LogP contribution in [0.2, 0.25) is 0 Å². The number of amides is 1. The van der Waals surface area contributed by atoms with E-state index in [4.69, 9.17) is 5.11 Å². The van der Waals surface area contributed by atoms with Crippen LogP contribution in [-0.2, 0) is 11.2 Å². The van der Waals surface area contributed by atoms with Gasteiger partial charge in [0.1, 0.15) is 6.54 Å². The zero-order chi connectivity index (χ0) is 25.8. The molecule has 2 unspecified atom stereocenters. The molecular formula is C32H33ClN2O3. The molecule has 1 aliphatic carbocycles. The van der Waals surface area contributed by atoms with Crippen molar-refractivity contribution in [3.8, 4) is 0 Å². The minimum atomic E-state index is -1.06. The topological polar surface area (TPSA) is 78.4 Å². The number of rotatable bonds is 8. The first-order valence-electron chi connectivity index (χ1n) is 12.9. The van der Waals surface area contributed by atoms with Crippen LogP contribution in [0, 0.1) is 5.92 Å². The number of benzene rings is 4. The fourth-order valence-corrected chi connectivity index (χ4v) is 5.62. The van der Waals surface area contributed by atoms with E-state index < -0.39 is 12.5 Å². The molecule has 0 fully saturated rings. The van der Waals surface area contributed by atoms with Gasteiger partial charge in [0.2, 0.25) is 0 Å². The van der Waals surface area contributed by atoms with Crippen LogP contribution in [0.1, 0.15) is 57.9 Å². The number of aliphatic carboxylic acids is 1. The molecule has 5 nitrogen and oxygen atoms in total. The molecule has 5 rings (SSSR count). The molecule has 6 heteroatoms. The van der Waals surface area contributed by atoms with Crippen molar-refractivity contribution < 1.29 is 14.7 Å². The molecule has 196 valence electrons. The fraction of sp³-hybridized carbons (Fsp3) is 0.250. The van der Waals surface area contributed by atoms with E-state index in [1.54, 1.807) is 6.07 Å². The molecule has 0 aromatic heterocycles. The van der Waals surface area contributed by atoms with Crippen molar-refractivity contribution in [1.29, 1.82) is 0 Å². The molecule has 0 saturated heterocycles. The number of fused-ring (bicyclic) bond motifs is 2. The van der Waals surface area contributed by atoms with E-state index >= 15 is 0 Å². The lowest BCUT2D eigenvalue weighted by Gasteiger charge is -2.33. The Labute approximate surface area is 229 Å². The number of hydrogen-bond acceptors (Lipinski definition) is 3. The highest BCUT2D eigenvalue weighted by Gasteiger charge is 2.28. The third-order valence-electron chi connectivity index (χ3n) is 7.46. The molecule has 0 bridgehead atoms. The average Bonchev–Trinajstić information content (AvgIpc) is 2.93. The third kappa shape index (κ3) is 6.07. The number of carbonyl (C=O) groups is 2. The van der Waals surface area contributed by atoms with Crippen LogP contribution in [-0.4, -0.2) is 30.1 Å². The lowest BCUT2D eigenvalue weighted by Crippen LogP contribution is -2.31. The molecule has 4 aromatic rings. The van der Waals surface area contributed by atoms with Gasteiger partial charge in [0.05, 0.1) is 0 Å². The summed E-state index contributed by atoms with van der Waals surface area (Å²) in [6.45, 7) is 2.74. The Morgan fingerprint density at radius 2 is 1.68 bits per heavy atom. The number of halogens is 1. The standard InChI is InChI=1S/C32H32N2O3.ClH/c1-21(27-15-7-10-23-8-2-4-13-28(23)27)33-19-22-16-24-9-3-5-14-29(24)30(17-22)25-11-6-12-26(18-25)32(37)34-20-31(35)36;/h2-15,18,21-22,30,33H,16-17,19-20H2,1H3,(H,34,37)(H,35,36);1H/t21-,22?,30?;/m1./s1. The van der Waals surface area contributed by atoms with Crippen molar-refractivity contribution in [3.63, 3.8) is 0 Å². The molecule has 0 radical (unpaired) electrons. The Kier molecular flexibility index (Phi) is 8.82. The summed E-state index contributed by atoms with van der Waals surface area (Å²) in [5.74, 6) is -0.798. The SMILES string of the molecule is C[C@@H](NCC1Cc2ccccc2C(c2cccc(C(=O)NCC(=O)O)c2)C1)c1cccc2ccccc12.Cl. The first-order chi connectivity index (χ1) is 18.0. The second kappa shape index (κ2) is 12.2. The van der Waals surface area contributed by atoms with Gasteiger partial charge in [-0.1, -0.05) is 78.9 Å². The van der Waals surface area contributed by atoms with Crippen LogP contribution < -0.4 is 10.6 Å². The van der Waals surface area contributed by atoms with Crippen molar-refractivity contribution in [2.45, 2.75) is 31.7 Å². The van der Waals surface area contributed by atoms with Crippen LogP contribution >= 0.6 is 12.4 Å². The molecule has 1 amide bonds. The van der Waals surface area contributed by atoms with Gasteiger partial charge >= 0.3 is 5.97 Å². The van der Waals surface area contributed by atoms with E-state index in [1.807, 2.05) is 12.1 Å². The van der Waals surface area contributed by atoms with E-state index in [-0.39, 0.29) is 30.3 Å². The molecule has 3 N–H and O–H groups in total. The maximum absolute atomic E-state index is 12.5. The summed E-state index contributed by atoms with van der Waals surface area (Å²) in [5.41, 5.74) is 5.54. The second-order valence-electron chi connectivity index (χ2n) is 9.96. The van der Waals surface area contributed by atoms with Gasteiger partial charge in [0.25, 0.3) is 5.91 Å². The largest absolute Gasteiger partial charge is 0.480 e. The molecule has 4 aromatic carbocycles. The monoisotopic (exact) mass is 528 g/mol. The number of carboxylic acid groups (broad SMARTS) is 1. The van der Waals surface area contributed by atoms with E-state index in [1.165, 1.54) is 27.5 Å². The average molecular weight is 529 g/mol. The third-order valence-corrected chi connectivity index (χ3v) is 7.46. The van der Waals surface area contributed by atoms with Gasteiger partial charge in [-0.2, -0.15) is 0 Å². The smallest absolute Gasteiger partial charge is 0.322 e. The zero-order valence-electron chi connectivity index (χ0n) is 21.4. The summed E-state index contributed by atoms with van der Waals surface area (Å²) in [7, 11) is 0. The van der Waals surface area contributed by atoms with Crippen LogP contribution in [0.5, 0.6) is 0 Å². The molecule has 0 heterocycles. The van der Waals surface area contributed by atoms with Gasteiger partial charge < -0.3 is 15.7 Å². The minimum Gasteiger partial charge on any atom is -0.480 e. The van der Waals surface area contributed by atoms with Gasteiger partial charge in [-0.3, -0.25) is 9.59 Å². The number of carboxylic acids is 1. The van der Waals surface area contributed by atoms with Gasteiger partial charge in [-0.25, -0.2) is 0 Å². The van der Waals surface area contributed by atoms with Crippen LogP contribution in [0.4, 0.5) is 0 Å². The highest BCUT2D eigenvalue weighted by molar-refractivity contribution is 5.96. The summed E-state index contributed by atoms with van der Waals surface area (Å²) in [6.07, 6.45) is 1.99. The number of carbonyl (C=O) groups excluding carboxylic acids is 1. The first-order valence-corrected chi connectivity index (χ1v) is 12.9. The molecule has 0 aliphatic heterocycles. The number of hydrogen-bond donors (Lipinski definition) is 3. The Morgan fingerprint density at radius 1 is 0.947 bits per heavy atom. The van der Waals surface area contributed by atoms with E-state index in [9.17, 15) is 9.59 Å². The lowest BCUT2D eigenvalue weighted by atomic mass is 9.73. The van der Waals surface area contributed by atoms with Crippen molar-refractivity contribution in [2.24, 2.45) is 5.92 Å². The quantitative estimate of drug-likeness (QED) is 0.257. The maximum atomic E-state index is 12.5. The first kappa shape index (κ1) is 27.4. The fourth-order valence-electron chi connectivity index (χ4n) is 5.62. The van der Waals surface area contributed by atoms with Crippen molar-refractivity contribution in [3.05, 3.63) is 119 Å². The summed E-state index contributed by atoms with van der Waals surface area (Å²) in [6, 6.07) is 31.4. The Bertz CT molecular complexity index is 1430. The van der Waals surface area contributed by atoms with Crippen molar-refractivity contribution in [1.82, 2.24) is 10.6 Å². The van der Waals surface area contributed by atoms with Crippen molar-refractivity contribution in [2.75, 3.05) is 13.1 Å². The predicted octanol–water partition coefficient (Wildman–Crippen LogP) is 6.12. The molecule has 38 heavy (non-hydrogen) atoms. The highest BCUT2D eigenvalue weighted by atomic mass is 35.5. The molecule has 0 spiro atoms. The van der Waals surface area contributed by atoms with E-state index in [0.29, 0.717) is 11.5 Å². The Hall–Kier alpha value is -3.67. The molecule has 0 saturated carbocycles. The number of nitrogens with one attached hydrogen (secondary N) is 2.